The molecule has 0 amide bonds. The van der Waals surface area contributed by atoms with Crippen molar-refractivity contribution in [3.05, 3.63) is 160 Å². The molecule has 0 bridgehead atoms. The molecule has 0 aromatic heterocycles. The van der Waals surface area contributed by atoms with Gasteiger partial charge in [-0.3, -0.25) is 0 Å². The summed E-state index contributed by atoms with van der Waals surface area (Å²) in [6.45, 7) is 27.1. The lowest BCUT2D eigenvalue weighted by Crippen LogP contribution is -2.09. The number of rotatable bonds is 54. The Hall–Kier alpha value is -8.04. The molecule has 0 saturated carbocycles. The first-order valence-electron chi connectivity index (χ1n) is 29.0. The molecule has 0 unspecified atom stereocenters. The van der Waals surface area contributed by atoms with Crippen LogP contribution in [0.4, 0.5) is 0 Å². The molecule has 0 aliphatic rings. The van der Waals surface area contributed by atoms with Crippen molar-refractivity contribution in [2.24, 2.45) is 0 Å². The molecule has 4 aromatic rings. The normalized spacial score (nSPS) is 11.0. The molecule has 0 atom stereocenters. The van der Waals surface area contributed by atoms with Crippen molar-refractivity contribution in [3.63, 3.8) is 0 Å². The van der Waals surface area contributed by atoms with Gasteiger partial charge in [0.1, 0.15) is 31.3 Å². The van der Waals surface area contributed by atoms with Crippen molar-refractivity contribution in [3.8, 4) is 46.0 Å². The van der Waals surface area contributed by atoms with Crippen LogP contribution in [0.2, 0.25) is 0 Å². The molecule has 0 fully saturated rings. The van der Waals surface area contributed by atoms with E-state index in [0.29, 0.717) is 206 Å². The Balaban J connectivity index is 1.58. The Bertz CT molecular complexity index is 2680. The van der Waals surface area contributed by atoms with Crippen LogP contribution in [-0.4, -0.2) is 111 Å². The third-order valence-electron chi connectivity index (χ3n) is 11.8. The zero-order chi connectivity index (χ0) is 61.3. The van der Waals surface area contributed by atoms with Crippen molar-refractivity contribution in [2.75, 3.05) is 99.1 Å². The Morgan fingerprint density at radius 3 is 0.965 bits per heavy atom. The summed E-state index contributed by atoms with van der Waals surface area (Å²) in [5.41, 5.74) is 1.08. The third kappa shape index (κ3) is 28.7. The predicted octanol–water partition coefficient (Wildman–Crippen LogP) is 13.9. The third-order valence-corrected chi connectivity index (χ3v) is 11.8. The molecule has 0 spiro atoms. The number of ether oxygens (including phenoxy) is 11. The molecule has 0 aliphatic carbocycles. The van der Waals surface area contributed by atoms with Crippen molar-refractivity contribution in [2.45, 2.75) is 77.0 Å². The van der Waals surface area contributed by atoms with E-state index in [4.69, 9.17) is 81.4 Å². The van der Waals surface area contributed by atoms with Crippen LogP contribution in [0.25, 0.3) is 22.9 Å². The molecule has 19 nitrogen and oxygen atoms in total. The first-order valence-corrected chi connectivity index (χ1v) is 29.0. The lowest BCUT2D eigenvalue weighted by molar-refractivity contribution is -0.286. The van der Waals surface area contributed by atoms with Crippen LogP contribution in [-0.2, 0) is 53.1 Å². The maximum Gasteiger partial charge on any atom is 0.336 e. The largest absolute Gasteiger partial charge is 0.502 e. The molecule has 0 radical (unpaired) electrons. The van der Waals surface area contributed by atoms with Crippen molar-refractivity contribution < 1.29 is 91.0 Å². The Labute approximate surface area is 506 Å². The van der Waals surface area contributed by atoms with E-state index < -0.39 is 11.9 Å². The van der Waals surface area contributed by atoms with Gasteiger partial charge in [-0.15, -0.1) is 19.7 Å². The van der Waals surface area contributed by atoms with Gasteiger partial charge < -0.3 is 52.1 Å². The second-order valence-corrected chi connectivity index (χ2v) is 18.4. The number of hydrogen-bond donors (Lipinski definition) is 0. The van der Waals surface area contributed by atoms with Gasteiger partial charge in [-0.1, -0.05) is 62.2 Å². The van der Waals surface area contributed by atoms with E-state index in [1.807, 2.05) is 0 Å². The summed E-state index contributed by atoms with van der Waals surface area (Å²) in [5.74, 6) is 1.57. The average Bonchev–Trinajstić information content (AvgIpc) is 3.35. The van der Waals surface area contributed by atoms with E-state index in [9.17, 15) is 9.59 Å². The number of carbonyl (C=O) groups excluding carboxylic acids is 2. The maximum absolute atomic E-state index is 13.8. The summed E-state index contributed by atoms with van der Waals surface area (Å²) >= 11 is 0. The highest BCUT2D eigenvalue weighted by molar-refractivity contribution is 5.99. The Kier molecular flexibility index (Phi) is 37.9. The number of esters is 2. The topological polar surface area (TPSA) is 191 Å². The minimum Gasteiger partial charge on any atom is -0.502 e. The Morgan fingerprint density at radius 2 is 0.628 bits per heavy atom. The molecule has 4 aromatic carbocycles. The van der Waals surface area contributed by atoms with E-state index >= 15 is 0 Å². The molecule has 0 saturated heterocycles. The maximum atomic E-state index is 13.8. The monoisotopic (exact) mass is 1190 g/mol. The highest BCUT2D eigenvalue weighted by Gasteiger charge is 2.21. The van der Waals surface area contributed by atoms with Gasteiger partial charge in [0.15, 0.2) is 23.0 Å². The number of benzene rings is 4. The van der Waals surface area contributed by atoms with E-state index in [1.54, 1.807) is 91.0 Å². The van der Waals surface area contributed by atoms with Crippen LogP contribution in [0.1, 0.15) is 88.2 Å². The fourth-order valence-corrected chi connectivity index (χ4v) is 7.63. The Morgan fingerprint density at radius 1 is 0.326 bits per heavy atom. The van der Waals surface area contributed by atoms with E-state index in [-0.39, 0.29) is 24.7 Å². The van der Waals surface area contributed by atoms with Gasteiger partial charge in [-0.2, -0.15) is 0 Å². The number of unbranched alkanes of at least 4 members (excludes halogenated alkanes) is 6. The molecular weight excluding hydrogens is 1110 g/mol. The highest BCUT2D eigenvalue weighted by Crippen LogP contribution is 2.43. The van der Waals surface area contributed by atoms with Gasteiger partial charge >= 0.3 is 11.9 Å². The van der Waals surface area contributed by atoms with E-state index in [0.717, 1.165) is 12.8 Å². The first-order chi connectivity index (χ1) is 42.4. The molecule has 0 aliphatic heterocycles. The summed E-state index contributed by atoms with van der Waals surface area (Å²) in [5, 5.41) is 1.04. The average molecular weight is 1200 g/mol. The summed E-state index contributed by atoms with van der Waals surface area (Å²) in [6.07, 6.45) is 22.9. The van der Waals surface area contributed by atoms with Gasteiger partial charge in [-0.25, -0.2) is 38.9 Å². The second-order valence-electron chi connectivity index (χ2n) is 18.4. The minimum atomic E-state index is -0.681. The van der Waals surface area contributed by atoms with Crippen LogP contribution in [0.15, 0.2) is 149 Å². The van der Waals surface area contributed by atoms with E-state index in [1.165, 1.54) is 30.9 Å². The highest BCUT2D eigenvalue weighted by atomic mass is 17.2. The quantitative estimate of drug-likeness (QED) is 0.00592. The van der Waals surface area contributed by atoms with Gasteiger partial charge in [0, 0.05) is 34.1 Å². The molecule has 4 rings (SSSR count). The second kappa shape index (κ2) is 46.3. The molecule has 468 valence electrons. The van der Waals surface area contributed by atoms with Crippen LogP contribution in [0.5, 0.6) is 46.0 Å². The standard InChI is InChI=1S/C67H86O19/c1-7-39-79-82-51-24-21-46-74-61-34-30-54(64(75-47-19-16-43-71-11-5)67(61)78-50-23-26-53-84-81-41-9-3)31-37-62(68)85-58-35-36-59(57-28-14-13-27-56(57)58)86-63(69)38-32-55-29-33-60(73-45-18-15-42-70-10-4)66(77-49-20-17-44-72-12-6)65(55)76-48-22-25-52-83-80-40-8-2/h7-14,27-38H,1-6,15-26,39-53H2/b37-31+,38-32+. The van der Waals surface area contributed by atoms with Crippen LogP contribution in [0.3, 0.4) is 0 Å². The van der Waals surface area contributed by atoms with Gasteiger partial charge in [0.2, 0.25) is 11.5 Å². The lowest BCUT2D eigenvalue weighted by atomic mass is 10.1. The summed E-state index contributed by atoms with van der Waals surface area (Å²) < 4.78 is 65.9. The van der Waals surface area contributed by atoms with Crippen LogP contribution in [0, 0.1) is 0 Å². The number of carbonyl (C=O) groups is 2. The predicted molar refractivity (Wildman–Crippen MR) is 329 cm³/mol. The fourth-order valence-electron chi connectivity index (χ4n) is 7.63. The van der Waals surface area contributed by atoms with Crippen molar-refractivity contribution in [1.29, 1.82) is 0 Å². The number of hydrogen-bond acceptors (Lipinski definition) is 19. The molecule has 19 heteroatoms. The molecule has 0 heterocycles. The molecule has 86 heavy (non-hydrogen) atoms. The molecular formula is C67H86O19. The smallest absolute Gasteiger partial charge is 0.336 e. The van der Waals surface area contributed by atoms with E-state index in [2.05, 4.69) is 39.5 Å². The molecule has 0 N–H and O–H groups in total. The summed E-state index contributed by atoms with van der Waals surface area (Å²) in [7, 11) is 0. The van der Waals surface area contributed by atoms with Crippen molar-refractivity contribution >= 4 is 34.9 Å². The zero-order valence-electron chi connectivity index (χ0n) is 49.6. The van der Waals surface area contributed by atoms with Gasteiger partial charge in [-0.05, 0) is 126 Å². The zero-order valence-corrected chi connectivity index (χ0v) is 49.6. The van der Waals surface area contributed by atoms with Gasteiger partial charge in [0.05, 0.1) is 98.1 Å². The SMILES string of the molecule is C=CCOOCCCCOc1ccc(/C=C/C(=O)Oc2ccc(OC(=O)/C=C/c3ccc(OCCCCOC=C)c(OCCCCOC=C)c3OCCCCOOCC=C)c3ccccc23)c(OCCCCOC=C)c1OCCCCOOCC=C. The van der Waals surface area contributed by atoms with Gasteiger partial charge in [0.25, 0.3) is 0 Å². The summed E-state index contributed by atoms with van der Waals surface area (Å²) in [6, 6.07) is 17.4. The lowest BCUT2D eigenvalue weighted by Gasteiger charge is -2.19. The first kappa shape index (κ1) is 70.4. The van der Waals surface area contributed by atoms with Crippen LogP contribution >= 0.6 is 0 Å². The van der Waals surface area contributed by atoms with Crippen molar-refractivity contribution in [1.82, 2.24) is 0 Å². The minimum absolute atomic E-state index is 0.235. The van der Waals surface area contributed by atoms with Crippen LogP contribution < -0.4 is 37.9 Å². The summed E-state index contributed by atoms with van der Waals surface area (Å²) in [4.78, 5) is 58.3. The number of fused-ring (bicyclic) bond motifs is 1. The fraction of sp³-hybridized carbons (Fsp3) is 0.403.